The molecule has 20 heavy (non-hydrogen) atoms. The van der Waals surface area contributed by atoms with Crippen LogP contribution in [0.15, 0.2) is 24.3 Å². The second-order valence-corrected chi connectivity index (χ2v) is 6.18. The lowest BCUT2D eigenvalue weighted by molar-refractivity contribution is 0.0670. The molecule has 2 aliphatic rings. The summed E-state index contributed by atoms with van der Waals surface area (Å²) in [6, 6.07) is 8.43. The van der Waals surface area contributed by atoms with Gasteiger partial charge in [0.05, 0.1) is 0 Å². The Morgan fingerprint density at radius 1 is 1.30 bits per heavy atom. The maximum atomic E-state index is 12.8. The van der Waals surface area contributed by atoms with Crippen LogP contribution in [-0.2, 0) is 0 Å². The molecule has 2 unspecified atom stereocenters. The Hall–Kier alpha value is -1.35. The lowest BCUT2D eigenvalue weighted by Gasteiger charge is -2.34. The van der Waals surface area contributed by atoms with E-state index in [1.807, 2.05) is 31.2 Å². The van der Waals surface area contributed by atoms with E-state index in [9.17, 15) is 4.79 Å². The third-order valence-corrected chi connectivity index (χ3v) is 4.70. The molecule has 1 N–H and O–H groups in total. The van der Waals surface area contributed by atoms with Gasteiger partial charge in [0.1, 0.15) is 0 Å². The highest BCUT2D eigenvalue weighted by atomic mass is 16.2. The van der Waals surface area contributed by atoms with E-state index in [1.165, 1.54) is 19.3 Å². The molecule has 108 valence electrons. The second-order valence-electron chi connectivity index (χ2n) is 6.18. The minimum absolute atomic E-state index is 0.224. The van der Waals surface area contributed by atoms with Gasteiger partial charge in [-0.1, -0.05) is 17.7 Å². The number of benzene rings is 1. The molecule has 0 spiro atoms. The Kier molecular flexibility index (Phi) is 4.06. The number of carbonyl (C=O) groups excluding carboxylic acids is 1. The first-order valence-corrected chi connectivity index (χ1v) is 7.84. The van der Waals surface area contributed by atoms with Crippen molar-refractivity contribution in [3.8, 4) is 0 Å². The molecule has 0 aliphatic carbocycles. The molecule has 0 saturated carbocycles. The first kappa shape index (κ1) is 13.6. The van der Waals surface area contributed by atoms with Crippen molar-refractivity contribution >= 4 is 5.91 Å². The summed E-state index contributed by atoms with van der Waals surface area (Å²) >= 11 is 0. The van der Waals surface area contributed by atoms with E-state index >= 15 is 0 Å². The van der Waals surface area contributed by atoms with Crippen LogP contribution in [0.25, 0.3) is 0 Å². The summed E-state index contributed by atoms with van der Waals surface area (Å²) in [5, 5.41) is 3.48. The van der Waals surface area contributed by atoms with Crippen LogP contribution in [0.3, 0.4) is 0 Å². The number of aryl methyl sites for hydroxylation is 1. The molecule has 2 aliphatic heterocycles. The summed E-state index contributed by atoms with van der Waals surface area (Å²) in [6.45, 7) is 5.18. The SMILES string of the molecule is Cc1cccc(C(=O)N2CCCC2C2CCCNC2)c1. The number of nitrogens with one attached hydrogen (secondary N) is 1. The van der Waals surface area contributed by atoms with Crippen LogP contribution in [0.4, 0.5) is 0 Å². The van der Waals surface area contributed by atoms with Crippen LogP contribution < -0.4 is 5.32 Å². The molecular weight excluding hydrogens is 248 g/mol. The Bertz CT molecular complexity index is 480. The molecule has 1 aromatic rings. The van der Waals surface area contributed by atoms with E-state index < -0.39 is 0 Å². The van der Waals surface area contributed by atoms with Gasteiger partial charge in [0.25, 0.3) is 5.91 Å². The van der Waals surface area contributed by atoms with Crippen molar-refractivity contribution in [2.75, 3.05) is 19.6 Å². The zero-order valence-corrected chi connectivity index (χ0v) is 12.3. The predicted molar refractivity (Wildman–Crippen MR) is 80.8 cm³/mol. The molecule has 3 heteroatoms. The molecule has 1 amide bonds. The monoisotopic (exact) mass is 272 g/mol. The molecule has 3 rings (SSSR count). The van der Waals surface area contributed by atoms with Gasteiger partial charge in [0, 0.05) is 18.2 Å². The van der Waals surface area contributed by atoms with Gasteiger partial charge in [-0.15, -0.1) is 0 Å². The number of nitrogens with zero attached hydrogens (tertiary/aromatic N) is 1. The Morgan fingerprint density at radius 3 is 2.95 bits per heavy atom. The number of hydrogen-bond donors (Lipinski definition) is 1. The highest BCUT2D eigenvalue weighted by Gasteiger charge is 2.35. The molecular formula is C17H24N2O. The Morgan fingerprint density at radius 2 is 2.20 bits per heavy atom. The maximum Gasteiger partial charge on any atom is 0.254 e. The molecule has 2 fully saturated rings. The summed E-state index contributed by atoms with van der Waals surface area (Å²) in [4.78, 5) is 14.9. The van der Waals surface area contributed by atoms with E-state index in [0.717, 1.165) is 37.2 Å². The zero-order chi connectivity index (χ0) is 13.9. The predicted octanol–water partition coefficient (Wildman–Crippen LogP) is 2.60. The highest BCUT2D eigenvalue weighted by Crippen LogP contribution is 2.29. The van der Waals surface area contributed by atoms with Gasteiger partial charge < -0.3 is 10.2 Å². The number of carbonyl (C=O) groups is 1. The van der Waals surface area contributed by atoms with E-state index in [2.05, 4.69) is 10.2 Å². The van der Waals surface area contributed by atoms with Gasteiger partial charge >= 0.3 is 0 Å². The molecule has 0 bridgehead atoms. The van der Waals surface area contributed by atoms with E-state index in [0.29, 0.717) is 12.0 Å². The molecule has 2 saturated heterocycles. The standard InChI is InChI=1S/C17H24N2O/c1-13-5-2-6-14(11-13)17(20)19-10-4-8-16(19)15-7-3-9-18-12-15/h2,5-6,11,15-16,18H,3-4,7-10,12H2,1H3. The summed E-state index contributed by atoms with van der Waals surface area (Å²) < 4.78 is 0. The van der Waals surface area contributed by atoms with Crippen LogP contribution in [0, 0.1) is 12.8 Å². The van der Waals surface area contributed by atoms with Crippen LogP contribution in [0.1, 0.15) is 41.6 Å². The fourth-order valence-corrected chi connectivity index (χ4v) is 3.69. The lowest BCUT2D eigenvalue weighted by atomic mass is 9.90. The maximum absolute atomic E-state index is 12.8. The smallest absolute Gasteiger partial charge is 0.254 e. The van der Waals surface area contributed by atoms with Gasteiger partial charge in [-0.2, -0.15) is 0 Å². The number of rotatable bonds is 2. The Labute approximate surface area is 121 Å². The molecule has 2 atom stereocenters. The molecule has 0 radical (unpaired) electrons. The third kappa shape index (κ3) is 2.73. The molecule has 0 aromatic heterocycles. The van der Waals surface area contributed by atoms with Crippen LogP contribution >= 0.6 is 0 Å². The van der Waals surface area contributed by atoms with Gasteiger partial charge in [0.15, 0.2) is 0 Å². The van der Waals surface area contributed by atoms with Gasteiger partial charge in [-0.3, -0.25) is 4.79 Å². The van der Waals surface area contributed by atoms with Crippen molar-refractivity contribution in [2.45, 2.75) is 38.6 Å². The third-order valence-electron chi connectivity index (χ3n) is 4.70. The van der Waals surface area contributed by atoms with E-state index in [-0.39, 0.29) is 5.91 Å². The van der Waals surface area contributed by atoms with Crippen molar-refractivity contribution in [1.29, 1.82) is 0 Å². The quantitative estimate of drug-likeness (QED) is 0.897. The first-order valence-electron chi connectivity index (χ1n) is 7.84. The summed E-state index contributed by atoms with van der Waals surface area (Å²) in [5.74, 6) is 0.863. The topological polar surface area (TPSA) is 32.3 Å². The highest BCUT2D eigenvalue weighted by molar-refractivity contribution is 5.94. The molecule has 1 aromatic carbocycles. The first-order chi connectivity index (χ1) is 9.75. The van der Waals surface area contributed by atoms with Crippen molar-refractivity contribution in [1.82, 2.24) is 10.2 Å². The summed E-state index contributed by atoms with van der Waals surface area (Å²) in [7, 11) is 0. The summed E-state index contributed by atoms with van der Waals surface area (Å²) in [6.07, 6.45) is 4.82. The average molecular weight is 272 g/mol. The minimum atomic E-state index is 0.224. The van der Waals surface area contributed by atoms with E-state index in [1.54, 1.807) is 0 Å². The summed E-state index contributed by atoms with van der Waals surface area (Å²) in [5.41, 5.74) is 2.01. The van der Waals surface area contributed by atoms with Crippen molar-refractivity contribution in [2.24, 2.45) is 5.92 Å². The fourth-order valence-electron chi connectivity index (χ4n) is 3.69. The van der Waals surface area contributed by atoms with Crippen LogP contribution in [0.2, 0.25) is 0 Å². The minimum Gasteiger partial charge on any atom is -0.335 e. The zero-order valence-electron chi connectivity index (χ0n) is 12.3. The molecule has 2 heterocycles. The van der Waals surface area contributed by atoms with Gasteiger partial charge in [-0.05, 0) is 63.7 Å². The van der Waals surface area contributed by atoms with Gasteiger partial charge in [-0.25, -0.2) is 0 Å². The normalized spacial score (nSPS) is 26.8. The van der Waals surface area contributed by atoms with Crippen molar-refractivity contribution in [3.05, 3.63) is 35.4 Å². The second kappa shape index (κ2) is 5.96. The number of piperidine rings is 1. The van der Waals surface area contributed by atoms with Gasteiger partial charge in [0.2, 0.25) is 0 Å². The fraction of sp³-hybridized carbons (Fsp3) is 0.588. The van der Waals surface area contributed by atoms with Crippen molar-refractivity contribution in [3.63, 3.8) is 0 Å². The van der Waals surface area contributed by atoms with Crippen molar-refractivity contribution < 1.29 is 4.79 Å². The average Bonchev–Trinajstić information content (AvgIpc) is 2.97. The number of likely N-dealkylation sites (tertiary alicyclic amines) is 1. The number of hydrogen-bond acceptors (Lipinski definition) is 2. The Balaban J connectivity index is 1.76. The largest absolute Gasteiger partial charge is 0.335 e. The number of amides is 1. The lowest BCUT2D eigenvalue weighted by Crippen LogP contribution is -2.45. The van der Waals surface area contributed by atoms with Crippen LogP contribution in [0.5, 0.6) is 0 Å². The van der Waals surface area contributed by atoms with Crippen LogP contribution in [-0.4, -0.2) is 36.5 Å². The molecule has 3 nitrogen and oxygen atoms in total. The van der Waals surface area contributed by atoms with E-state index in [4.69, 9.17) is 0 Å².